The molecule has 0 heterocycles. The van der Waals surface area contributed by atoms with Crippen LogP contribution in [0, 0.1) is 0 Å². The third-order valence-corrected chi connectivity index (χ3v) is 6.19. The number of rotatable bonds is 12. The first-order chi connectivity index (χ1) is 16.1. The van der Waals surface area contributed by atoms with Crippen molar-refractivity contribution in [1.82, 2.24) is 10.2 Å². The van der Waals surface area contributed by atoms with Crippen LogP contribution in [-0.2, 0) is 22.4 Å². The van der Waals surface area contributed by atoms with E-state index in [0.29, 0.717) is 32.4 Å². The van der Waals surface area contributed by atoms with E-state index >= 15 is 0 Å². The molecule has 3 aromatic rings. The van der Waals surface area contributed by atoms with E-state index in [-0.39, 0.29) is 11.8 Å². The molecule has 0 aliphatic carbocycles. The van der Waals surface area contributed by atoms with Gasteiger partial charge in [-0.2, -0.15) is 0 Å². The fourth-order valence-corrected chi connectivity index (χ4v) is 4.30. The maximum Gasteiger partial charge on any atom is 0.242 e. The van der Waals surface area contributed by atoms with E-state index in [1.807, 2.05) is 43.3 Å². The summed E-state index contributed by atoms with van der Waals surface area (Å²) in [5.74, 6) is -0.00567. The summed E-state index contributed by atoms with van der Waals surface area (Å²) in [6.45, 7) is 5.28. The fourth-order valence-electron chi connectivity index (χ4n) is 4.30. The molecule has 3 rings (SSSR count). The number of fused-ring (bicyclic) bond motifs is 1. The molecular weight excluding hydrogens is 408 g/mol. The topological polar surface area (TPSA) is 49.4 Å². The van der Waals surface area contributed by atoms with Gasteiger partial charge in [0.1, 0.15) is 6.04 Å². The van der Waals surface area contributed by atoms with Crippen molar-refractivity contribution in [3.05, 3.63) is 83.9 Å². The second-order valence-corrected chi connectivity index (χ2v) is 8.53. The third-order valence-electron chi connectivity index (χ3n) is 6.19. The summed E-state index contributed by atoms with van der Waals surface area (Å²) in [4.78, 5) is 28.2. The van der Waals surface area contributed by atoms with Crippen LogP contribution in [-0.4, -0.2) is 35.8 Å². The van der Waals surface area contributed by atoms with E-state index in [1.165, 1.54) is 21.9 Å². The van der Waals surface area contributed by atoms with Gasteiger partial charge in [0.2, 0.25) is 11.8 Å². The SMILES string of the molecule is CCCCNC(=O)C(CC)N(CCc1ccccc1)C(=O)CCc1cccc2ccccc12. The Morgan fingerprint density at radius 3 is 2.36 bits per heavy atom. The van der Waals surface area contributed by atoms with Crippen LogP contribution in [0.25, 0.3) is 10.8 Å². The van der Waals surface area contributed by atoms with Crippen LogP contribution in [0.4, 0.5) is 0 Å². The maximum atomic E-state index is 13.5. The molecule has 4 heteroatoms. The van der Waals surface area contributed by atoms with Crippen molar-refractivity contribution in [2.45, 2.75) is 58.4 Å². The van der Waals surface area contributed by atoms with Gasteiger partial charge in [0.15, 0.2) is 0 Å². The minimum atomic E-state index is -0.439. The second kappa shape index (κ2) is 12.8. The number of unbranched alkanes of at least 4 members (excludes halogenated alkanes) is 1. The Labute approximate surface area is 198 Å². The van der Waals surface area contributed by atoms with Crippen molar-refractivity contribution >= 4 is 22.6 Å². The van der Waals surface area contributed by atoms with E-state index in [2.05, 4.69) is 48.6 Å². The van der Waals surface area contributed by atoms with Crippen LogP contribution < -0.4 is 5.32 Å². The highest BCUT2D eigenvalue weighted by molar-refractivity contribution is 5.89. The van der Waals surface area contributed by atoms with E-state index in [4.69, 9.17) is 0 Å². The highest BCUT2D eigenvalue weighted by Crippen LogP contribution is 2.20. The summed E-state index contributed by atoms with van der Waals surface area (Å²) in [7, 11) is 0. The molecule has 0 saturated carbocycles. The van der Waals surface area contributed by atoms with E-state index < -0.39 is 6.04 Å². The lowest BCUT2D eigenvalue weighted by Crippen LogP contribution is -2.50. The third kappa shape index (κ3) is 6.92. The Balaban J connectivity index is 1.74. The van der Waals surface area contributed by atoms with Crippen molar-refractivity contribution in [3.8, 4) is 0 Å². The Hall–Kier alpha value is -3.14. The van der Waals surface area contributed by atoms with E-state index in [1.54, 1.807) is 4.90 Å². The smallest absolute Gasteiger partial charge is 0.242 e. The van der Waals surface area contributed by atoms with Crippen molar-refractivity contribution in [3.63, 3.8) is 0 Å². The number of aryl methyl sites for hydroxylation is 1. The molecule has 4 nitrogen and oxygen atoms in total. The van der Waals surface area contributed by atoms with Crippen LogP contribution in [0.3, 0.4) is 0 Å². The molecule has 174 valence electrons. The van der Waals surface area contributed by atoms with Gasteiger partial charge >= 0.3 is 0 Å². The van der Waals surface area contributed by atoms with Gasteiger partial charge in [0.25, 0.3) is 0 Å². The Morgan fingerprint density at radius 2 is 1.61 bits per heavy atom. The Bertz CT molecular complexity index is 1030. The molecule has 1 atom stereocenters. The average molecular weight is 445 g/mol. The van der Waals surface area contributed by atoms with Crippen molar-refractivity contribution in [2.24, 2.45) is 0 Å². The largest absolute Gasteiger partial charge is 0.354 e. The number of nitrogens with zero attached hydrogens (tertiary/aromatic N) is 1. The standard InChI is InChI=1S/C29H36N2O2/c1-3-5-21-30-29(33)27(4-2)31(22-20-23-12-7-6-8-13-23)28(32)19-18-25-16-11-15-24-14-9-10-17-26(24)25/h6-17,27H,3-5,18-22H2,1-2H3,(H,30,33). The normalized spacial score (nSPS) is 11.8. The maximum absolute atomic E-state index is 13.5. The molecular formula is C29H36N2O2. The van der Waals surface area contributed by atoms with Crippen LogP contribution in [0.1, 0.15) is 50.7 Å². The molecule has 2 amide bonds. The van der Waals surface area contributed by atoms with Gasteiger partial charge in [-0.15, -0.1) is 0 Å². The lowest BCUT2D eigenvalue weighted by atomic mass is 10.00. The summed E-state index contributed by atoms with van der Waals surface area (Å²) >= 11 is 0. The Morgan fingerprint density at radius 1 is 0.879 bits per heavy atom. The number of amides is 2. The summed E-state index contributed by atoms with van der Waals surface area (Å²) in [5.41, 5.74) is 2.34. The lowest BCUT2D eigenvalue weighted by Gasteiger charge is -2.31. The summed E-state index contributed by atoms with van der Waals surface area (Å²) in [6, 6.07) is 24.2. The van der Waals surface area contributed by atoms with Gasteiger partial charge in [-0.05, 0) is 47.6 Å². The molecule has 1 N–H and O–H groups in total. The molecule has 0 aliphatic rings. The molecule has 1 unspecified atom stereocenters. The predicted molar refractivity (Wildman–Crippen MR) is 136 cm³/mol. The Kier molecular flexibility index (Phi) is 9.49. The molecule has 3 aromatic carbocycles. The zero-order chi connectivity index (χ0) is 23.5. The molecule has 0 radical (unpaired) electrons. The van der Waals surface area contributed by atoms with Crippen LogP contribution in [0.2, 0.25) is 0 Å². The molecule has 0 fully saturated rings. The van der Waals surface area contributed by atoms with Gasteiger partial charge in [0, 0.05) is 19.5 Å². The monoisotopic (exact) mass is 444 g/mol. The molecule has 0 spiro atoms. The highest BCUT2D eigenvalue weighted by Gasteiger charge is 2.27. The summed E-state index contributed by atoms with van der Waals surface area (Å²) < 4.78 is 0. The zero-order valence-electron chi connectivity index (χ0n) is 19.9. The van der Waals surface area contributed by atoms with Crippen LogP contribution >= 0.6 is 0 Å². The van der Waals surface area contributed by atoms with Crippen molar-refractivity contribution < 1.29 is 9.59 Å². The fraction of sp³-hybridized carbons (Fsp3) is 0.379. The minimum absolute atomic E-state index is 0.0383. The first-order valence-corrected chi connectivity index (χ1v) is 12.2. The average Bonchev–Trinajstić information content (AvgIpc) is 2.85. The van der Waals surface area contributed by atoms with Gasteiger partial charge < -0.3 is 10.2 Å². The molecule has 0 aromatic heterocycles. The number of hydrogen-bond acceptors (Lipinski definition) is 2. The second-order valence-electron chi connectivity index (χ2n) is 8.53. The molecule has 0 saturated heterocycles. The van der Waals surface area contributed by atoms with E-state index in [9.17, 15) is 9.59 Å². The minimum Gasteiger partial charge on any atom is -0.354 e. The van der Waals surface area contributed by atoms with Crippen LogP contribution in [0.5, 0.6) is 0 Å². The first kappa shape index (κ1) is 24.5. The highest BCUT2D eigenvalue weighted by atomic mass is 16.2. The number of benzene rings is 3. The number of carbonyl (C=O) groups is 2. The number of carbonyl (C=O) groups excluding carboxylic acids is 2. The molecule has 33 heavy (non-hydrogen) atoms. The first-order valence-electron chi connectivity index (χ1n) is 12.2. The lowest BCUT2D eigenvalue weighted by molar-refractivity contribution is -0.140. The van der Waals surface area contributed by atoms with Crippen molar-refractivity contribution in [2.75, 3.05) is 13.1 Å². The quantitative estimate of drug-likeness (QED) is 0.373. The van der Waals surface area contributed by atoms with Gasteiger partial charge in [-0.25, -0.2) is 0 Å². The van der Waals surface area contributed by atoms with Gasteiger partial charge in [-0.3, -0.25) is 9.59 Å². The van der Waals surface area contributed by atoms with Gasteiger partial charge in [-0.1, -0.05) is 93.1 Å². The number of hydrogen-bond donors (Lipinski definition) is 1. The number of nitrogens with one attached hydrogen (secondary N) is 1. The molecule has 0 aliphatic heterocycles. The van der Waals surface area contributed by atoms with E-state index in [0.717, 1.165) is 19.3 Å². The summed E-state index contributed by atoms with van der Waals surface area (Å²) in [6.07, 6.45) is 4.36. The summed E-state index contributed by atoms with van der Waals surface area (Å²) in [5, 5.41) is 5.41. The predicted octanol–water partition coefficient (Wildman–Crippen LogP) is 5.54. The van der Waals surface area contributed by atoms with Crippen LogP contribution in [0.15, 0.2) is 72.8 Å². The van der Waals surface area contributed by atoms with Gasteiger partial charge in [0.05, 0.1) is 0 Å². The zero-order valence-corrected chi connectivity index (χ0v) is 19.9. The van der Waals surface area contributed by atoms with Crippen molar-refractivity contribution in [1.29, 1.82) is 0 Å². The molecule has 0 bridgehead atoms.